The zero-order valence-corrected chi connectivity index (χ0v) is 13.8. The number of amides is 2. The predicted molar refractivity (Wildman–Crippen MR) is 89.0 cm³/mol. The minimum atomic E-state index is -4.45. The molecule has 0 bridgehead atoms. The number of hydrogen-bond acceptors (Lipinski definition) is 7. The summed E-state index contributed by atoms with van der Waals surface area (Å²) in [5.74, 6) is -1.28. The first-order valence-corrected chi connectivity index (χ1v) is 8.36. The van der Waals surface area contributed by atoms with E-state index in [4.69, 9.17) is 14.2 Å². The molecule has 4 N–H and O–H groups in total. The summed E-state index contributed by atoms with van der Waals surface area (Å²) < 4.78 is 35.3. The fraction of sp³-hybridized carbons (Fsp3) is 0. The van der Waals surface area contributed by atoms with E-state index in [2.05, 4.69) is 10.5 Å². The molecule has 11 heteroatoms. The maximum Gasteiger partial charge on any atom is 0.328 e. The van der Waals surface area contributed by atoms with Crippen molar-refractivity contribution in [2.75, 3.05) is 0 Å². The average Bonchev–Trinajstić information content (AvgIpc) is 3.09. The maximum atomic E-state index is 12.0. The second kappa shape index (κ2) is 8.20. The van der Waals surface area contributed by atoms with Crippen LogP contribution in [0.25, 0.3) is 6.08 Å². The number of carbonyl (C=O) groups is 2. The zero-order valence-electron chi connectivity index (χ0n) is 13.0. The van der Waals surface area contributed by atoms with Crippen molar-refractivity contribution in [3.63, 3.8) is 0 Å². The Morgan fingerprint density at radius 1 is 1.19 bits per heavy atom. The van der Waals surface area contributed by atoms with Gasteiger partial charge in [-0.1, -0.05) is 12.1 Å². The molecule has 1 aromatic carbocycles. The van der Waals surface area contributed by atoms with E-state index in [0.717, 1.165) is 18.4 Å². The molecule has 1 heterocycles. The zero-order chi connectivity index (χ0) is 19.2. The molecule has 26 heavy (non-hydrogen) atoms. The van der Waals surface area contributed by atoms with Gasteiger partial charge in [-0.2, -0.15) is 13.5 Å². The highest BCUT2D eigenvalue weighted by atomic mass is 32.2. The summed E-state index contributed by atoms with van der Waals surface area (Å²) in [4.78, 5) is 22.9. The quantitative estimate of drug-likeness (QED) is 0.190. The highest BCUT2D eigenvalue weighted by Gasteiger charge is 2.14. The molecule has 0 unspecified atom stereocenters. The van der Waals surface area contributed by atoms with Crippen LogP contribution < -0.4 is 10.9 Å². The molecule has 0 aliphatic carbocycles. The molecule has 1 aromatic heterocycles. The predicted octanol–water partition coefficient (Wildman–Crippen LogP) is 0.809. The number of carbonyl (C=O) groups excluding carboxylic acids is 2. The number of hydrogen-bond donors (Lipinski definition) is 4. The first kappa shape index (κ1) is 19.1. The van der Waals surface area contributed by atoms with Crippen LogP contribution in [-0.2, 0) is 14.9 Å². The molecule has 2 aromatic rings. The van der Waals surface area contributed by atoms with Gasteiger partial charge in [0.2, 0.25) is 5.09 Å². The number of benzene rings is 1. The summed E-state index contributed by atoms with van der Waals surface area (Å²) in [6.45, 7) is 0. The minimum Gasteiger partial charge on any atom is -0.441 e. The van der Waals surface area contributed by atoms with E-state index in [1.54, 1.807) is 12.1 Å². The van der Waals surface area contributed by atoms with Crippen LogP contribution in [0.3, 0.4) is 0 Å². The molecule has 2 amide bonds. The fourth-order valence-electron chi connectivity index (χ4n) is 1.75. The van der Waals surface area contributed by atoms with Crippen molar-refractivity contribution >= 4 is 34.2 Å². The SMILES string of the molecule is O=C(C=Cc1cccc(C(=O)NN=Cc2ccc(S(=O)(=O)O)o2)c1)NO. The van der Waals surface area contributed by atoms with E-state index in [1.165, 1.54) is 29.8 Å². The summed E-state index contributed by atoms with van der Waals surface area (Å²) in [6, 6.07) is 8.50. The Morgan fingerprint density at radius 3 is 2.62 bits per heavy atom. The minimum absolute atomic E-state index is 0.00428. The van der Waals surface area contributed by atoms with Crippen LogP contribution in [0.2, 0.25) is 0 Å². The van der Waals surface area contributed by atoms with E-state index >= 15 is 0 Å². The van der Waals surface area contributed by atoms with Gasteiger partial charge in [-0.15, -0.1) is 0 Å². The van der Waals surface area contributed by atoms with Gasteiger partial charge in [0.15, 0.2) is 0 Å². The second-order valence-corrected chi connectivity index (χ2v) is 6.12. The van der Waals surface area contributed by atoms with Crippen molar-refractivity contribution in [2.45, 2.75) is 5.09 Å². The number of furan rings is 1. The average molecular weight is 379 g/mol. The Hall–Kier alpha value is -3.28. The van der Waals surface area contributed by atoms with Gasteiger partial charge >= 0.3 is 10.1 Å². The molecule has 10 nitrogen and oxygen atoms in total. The van der Waals surface area contributed by atoms with Crippen molar-refractivity contribution < 1.29 is 32.2 Å². The molecule has 0 aliphatic heterocycles. The Labute approximate surface area is 147 Å². The molecule has 0 radical (unpaired) electrons. The van der Waals surface area contributed by atoms with E-state index in [1.807, 2.05) is 0 Å². The van der Waals surface area contributed by atoms with E-state index in [-0.39, 0.29) is 11.3 Å². The third kappa shape index (κ3) is 5.37. The number of hydroxylamine groups is 1. The monoisotopic (exact) mass is 379 g/mol. The summed E-state index contributed by atoms with van der Waals surface area (Å²) in [5.41, 5.74) is 4.43. The molecule has 0 spiro atoms. The highest BCUT2D eigenvalue weighted by molar-refractivity contribution is 7.85. The van der Waals surface area contributed by atoms with Gasteiger partial charge < -0.3 is 4.42 Å². The van der Waals surface area contributed by atoms with Crippen molar-refractivity contribution in [1.29, 1.82) is 0 Å². The Balaban J connectivity index is 2.02. The Morgan fingerprint density at radius 2 is 1.96 bits per heavy atom. The first-order valence-electron chi connectivity index (χ1n) is 6.92. The molecular formula is C15H13N3O7S. The summed E-state index contributed by atoms with van der Waals surface area (Å²) in [5, 5.41) is 11.4. The lowest BCUT2D eigenvalue weighted by molar-refractivity contribution is -0.124. The highest BCUT2D eigenvalue weighted by Crippen LogP contribution is 2.11. The Kier molecular flexibility index (Phi) is 6.01. The maximum absolute atomic E-state index is 12.0. The van der Waals surface area contributed by atoms with Crippen molar-refractivity contribution in [2.24, 2.45) is 5.10 Å². The van der Waals surface area contributed by atoms with E-state index in [0.29, 0.717) is 5.56 Å². The van der Waals surface area contributed by atoms with Crippen LogP contribution in [0.5, 0.6) is 0 Å². The second-order valence-electron chi connectivity index (χ2n) is 4.77. The van der Waals surface area contributed by atoms with Gasteiger partial charge in [0, 0.05) is 11.6 Å². The number of nitrogens with one attached hydrogen (secondary N) is 2. The summed E-state index contributed by atoms with van der Waals surface area (Å²) in [6.07, 6.45) is 3.53. The lowest BCUT2D eigenvalue weighted by Crippen LogP contribution is -2.17. The lowest BCUT2D eigenvalue weighted by atomic mass is 10.1. The van der Waals surface area contributed by atoms with E-state index < -0.39 is 27.0 Å². The fourth-order valence-corrected chi connectivity index (χ4v) is 2.20. The molecule has 0 fully saturated rings. The smallest absolute Gasteiger partial charge is 0.328 e. The van der Waals surface area contributed by atoms with Gasteiger partial charge in [0.25, 0.3) is 11.8 Å². The molecular weight excluding hydrogens is 366 g/mol. The standard InChI is InChI=1S/C15H13N3O7S/c19-13(18-21)6-4-10-2-1-3-11(8-10)15(20)17-16-9-12-5-7-14(25-12)26(22,23)24/h1-9,21H,(H,17,20)(H,18,19)(H,22,23,24). The third-order valence-corrected chi connectivity index (χ3v) is 3.63. The lowest BCUT2D eigenvalue weighted by Gasteiger charge is -2.01. The number of rotatable bonds is 6. The van der Waals surface area contributed by atoms with Crippen LogP contribution in [0.15, 0.2) is 57.1 Å². The molecule has 136 valence electrons. The summed E-state index contributed by atoms with van der Waals surface area (Å²) in [7, 11) is -4.45. The normalized spacial score (nSPS) is 11.8. The van der Waals surface area contributed by atoms with Gasteiger partial charge in [-0.3, -0.25) is 19.3 Å². The van der Waals surface area contributed by atoms with E-state index in [9.17, 15) is 18.0 Å². The van der Waals surface area contributed by atoms with Gasteiger partial charge in [-0.05, 0) is 35.9 Å². The van der Waals surface area contributed by atoms with Crippen LogP contribution in [-0.4, -0.2) is 36.2 Å². The topological polar surface area (TPSA) is 158 Å². The van der Waals surface area contributed by atoms with Gasteiger partial charge in [0.05, 0.1) is 6.21 Å². The van der Waals surface area contributed by atoms with Crippen LogP contribution in [0.1, 0.15) is 21.7 Å². The van der Waals surface area contributed by atoms with Crippen molar-refractivity contribution in [3.05, 3.63) is 59.4 Å². The summed E-state index contributed by atoms with van der Waals surface area (Å²) >= 11 is 0. The molecule has 0 saturated carbocycles. The number of nitrogens with zero attached hydrogens (tertiary/aromatic N) is 1. The first-order chi connectivity index (χ1) is 12.3. The van der Waals surface area contributed by atoms with Crippen molar-refractivity contribution in [3.8, 4) is 0 Å². The largest absolute Gasteiger partial charge is 0.441 e. The van der Waals surface area contributed by atoms with Crippen LogP contribution >= 0.6 is 0 Å². The molecule has 2 rings (SSSR count). The van der Waals surface area contributed by atoms with Gasteiger partial charge in [-0.25, -0.2) is 10.9 Å². The molecule has 0 atom stereocenters. The third-order valence-electron chi connectivity index (χ3n) is 2.90. The Bertz CT molecular complexity index is 977. The molecule has 0 aliphatic rings. The van der Waals surface area contributed by atoms with Gasteiger partial charge in [0.1, 0.15) is 5.76 Å². The molecule has 0 saturated heterocycles. The van der Waals surface area contributed by atoms with Crippen molar-refractivity contribution in [1.82, 2.24) is 10.9 Å². The van der Waals surface area contributed by atoms with Crippen LogP contribution in [0, 0.1) is 0 Å². The van der Waals surface area contributed by atoms with Crippen LogP contribution in [0.4, 0.5) is 0 Å². The number of hydrazone groups is 1.